The minimum Gasteiger partial charge on any atom is -0.486 e. The highest BCUT2D eigenvalue weighted by Crippen LogP contribution is 2.33. The van der Waals surface area contributed by atoms with Crippen LogP contribution < -0.4 is 19.5 Å². The summed E-state index contributed by atoms with van der Waals surface area (Å²) >= 11 is 0. The van der Waals surface area contributed by atoms with Crippen LogP contribution >= 0.6 is 0 Å². The molecule has 1 amide bonds. The first-order valence-corrected chi connectivity index (χ1v) is 12.2. The summed E-state index contributed by atoms with van der Waals surface area (Å²) in [6.07, 6.45) is 0. The van der Waals surface area contributed by atoms with E-state index in [0.29, 0.717) is 24.7 Å². The number of sulfonamides is 1. The Morgan fingerprint density at radius 1 is 1.15 bits per heavy atom. The second-order valence-corrected chi connectivity index (χ2v) is 9.39. The molecule has 0 spiro atoms. The second-order valence-electron chi connectivity index (χ2n) is 7.46. The first kappa shape index (κ1) is 25.2. The van der Waals surface area contributed by atoms with E-state index < -0.39 is 33.1 Å². The summed E-state index contributed by atoms with van der Waals surface area (Å²) in [5.74, 6) is 0.522. The molecule has 0 saturated heterocycles. The smallest absolute Gasteiger partial charge is 0.312 e. The molecule has 1 atom stereocenters. The third-order valence-electron chi connectivity index (χ3n) is 5.27. The minimum absolute atomic E-state index is 0.203. The van der Waals surface area contributed by atoms with E-state index in [-0.39, 0.29) is 29.8 Å². The summed E-state index contributed by atoms with van der Waals surface area (Å²) in [5, 5.41) is 14.3. The molecule has 1 heterocycles. The van der Waals surface area contributed by atoms with Crippen LogP contribution in [0.2, 0.25) is 0 Å². The Bertz CT molecular complexity index is 1160. The van der Waals surface area contributed by atoms with Crippen molar-refractivity contribution in [2.24, 2.45) is 0 Å². The van der Waals surface area contributed by atoms with Crippen LogP contribution in [0.1, 0.15) is 32.4 Å². The van der Waals surface area contributed by atoms with Crippen molar-refractivity contribution in [1.29, 1.82) is 0 Å². The van der Waals surface area contributed by atoms with Gasteiger partial charge in [-0.05, 0) is 36.8 Å². The Labute approximate surface area is 197 Å². The number of fused-ring (bicyclic) bond motifs is 1. The molecule has 0 aromatic heterocycles. The van der Waals surface area contributed by atoms with E-state index in [1.165, 1.54) is 16.4 Å². The number of carbonyl (C=O) groups is 1. The summed E-state index contributed by atoms with van der Waals surface area (Å²) in [5.41, 5.74) is 0.246. The highest BCUT2D eigenvalue weighted by molar-refractivity contribution is 7.89. The molecule has 2 aromatic carbocycles. The van der Waals surface area contributed by atoms with Crippen molar-refractivity contribution < 1.29 is 32.3 Å². The number of hydrogen-bond acceptors (Lipinski definition) is 8. The average Bonchev–Trinajstić information content (AvgIpc) is 2.82. The van der Waals surface area contributed by atoms with Gasteiger partial charge in [-0.15, -0.1) is 0 Å². The maximum atomic E-state index is 12.7. The van der Waals surface area contributed by atoms with Crippen LogP contribution in [0.15, 0.2) is 41.3 Å². The molecular weight excluding hydrogens is 466 g/mol. The molecule has 0 saturated carbocycles. The second kappa shape index (κ2) is 10.7. The maximum Gasteiger partial charge on any atom is 0.312 e. The van der Waals surface area contributed by atoms with Gasteiger partial charge in [-0.2, -0.15) is 4.31 Å². The summed E-state index contributed by atoms with van der Waals surface area (Å²) < 4.78 is 42.9. The number of hydrogen-bond donors (Lipinski definition) is 1. The van der Waals surface area contributed by atoms with E-state index in [1.807, 2.05) is 0 Å². The maximum absolute atomic E-state index is 12.7. The molecule has 1 N–H and O–H groups in total. The van der Waals surface area contributed by atoms with E-state index in [4.69, 9.17) is 14.2 Å². The van der Waals surface area contributed by atoms with E-state index in [1.54, 1.807) is 39.0 Å². The zero-order valence-electron chi connectivity index (χ0n) is 19.1. The third-order valence-corrected chi connectivity index (χ3v) is 7.32. The predicted octanol–water partition coefficient (Wildman–Crippen LogP) is 2.65. The Hall–Kier alpha value is -3.38. The van der Waals surface area contributed by atoms with Gasteiger partial charge >= 0.3 is 5.69 Å². The molecule has 11 nitrogen and oxygen atoms in total. The van der Waals surface area contributed by atoms with Crippen LogP contribution in [-0.4, -0.2) is 56.5 Å². The number of nitrogens with one attached hydrogen (secondary N) is 1. The zero-order valence-corrected chi connectivity index (χ0v) is 20.0. The van der Waals surface area contributed by atoms with Crippen LogP contribution in [0.25, 0.3) is 0 Å². The molecule has 1 aliphatic rings. The van der Waals surface area contributed by atoms with E-state index >= 15 is 0 Å². The third kappa shape index (κ3) is 5.57. The van der Waals surface area contributed by atoms with Crippen molar-refractivity contribution in [3.63, 3.8) is 0 Å². The number of nitro groups is 1. The summed E-state index contributed by atoms with van der Waals surface area (Å²) in [7, 11) is -3.88. The van der Waals surface area contributed by atoms with Gasteiger partial charge in [0.05, 0.1) is 15.9 Å². The number of benzene rings is 2. The molecule has 12 heteroatoms. The largest absolute Gasteiger partial charge is 0.486 e. The number of amides is 1. The highest BCUT2D eigenvalue weighted by Gasteiger charge is 2.26. The number of nitrogens with zero attached hydrogens (tertiary/aromatic N) is 2. The lowest BCUT2D eigenvalue weighted by Gasteiger charge is -2.21. The fourth-order valence-corrected chi connectivity index (χ4v) is 4.95. The zero-order chi connectivity index (χ0) is 24.9. The van der Waals surface area contributed by atoms with Crippen LogP contribution in [0, 0.1) is 10.1 Å². The molecule has 184 valence electrons. The molecule has 2 aromatic rings. The molecule has 3 rings (SSSR count). The quantitative estimate of drug-likeness (QED) is 0.394. The van der Waals surface area contributed by atoms with Crippen LogP contribution in [0.3, 0.4) is 0 Å². The van der Waals surface area contributed by atoms with E-state index in [2.05, 4.69) is 5.32 Å². The van der Waals surface area contributed by atoms with Gasteiger partial charge in [0.15, 0.2) is 23.9 Å². The number of ether oxygens (including phenoxy) is 3. The molecule has 1 unspecified atom stereocenters. The number of carbonyl (C=O) groups excluding carboxylic acids is 1. The topological polar surface area (TPSA) is 137 Å². The summed E-state index contributed by atoms with van der Waals surface area (Å²) in [4.78, 5) is 23.0. The van der Waals surface area contributed by atoms with Gasteiger partial charge < -0.3 is 19.5 Å². The predicted molar refractivity (Wildman–Crippen MR) is 123 cm³/mol. The number of nitro benzene ring substituents is 1. The first-order valence-electron chi connectivity index (χ1n) is 10.8. The van der Waals surface area contributed by atoms with Crippen LogP contribution in [0.4, 0.5) is 5.69 Å². The molecule has 0 aliphatic carbocycles. The fraction of sp³-hybridized carbons (Fsp3) is 0.409. The van der Waals surface area contributed by atoms with Crippen molar-refractivity contribution in [3.05, 3.63) is 52.1 Å². The van der Waals surface area contributed by atoms with E-state index in [9.17, 15) is 23.3 Å². The van der Waals surface area contributed by atoms with Gasteiger partial charge in [0.1, 0.15) is 13.2 Å². The molecule has 34 heavy (non-hydrogen) atoms. The summed E-state index contributed by atoms with van der Waals surface area (Å²) in [6, 6.07) is 8.32. The Morgan fingerprint density at radius 3 is 2.47 bits per heavy atom. The normalized spacial score (nSPS) is 13.9. The molecule has 0 fully saturated rings. The standard InChI is InChI=1S/C22H27N3O8S/c1-4-24(5-2)34(29,30)17-7-9-19(18(13-17)25(27)28)33-14-22(26)23-15(3)16-6-8-20-21(12-16)32-11-10-31-20/h6-9,12-13,15H,4-5,10-11,14H2,1-3H3,(H,23,26). The van der Waals surface area contributed by atoms with Gasteiger partial charge in [-0.3, -0.25) is 14.9 Å². The SMILES string of the molecule is CCN(CC)S(=O)(=O)c1ccc(OCC(=O)NC(C)c2ccc3c(c2)OCCO3)c([N+](=O)[O-])c1. The van der Waals surface area contributed by atoms with Crippen molar-refractivity contribution in [2.45, 2.75) is 31.7 Å². The lowest BCUT2D eigenvalue weighted by Crippen LogP contribution is -2.31. The molecule has 0 radical (unpaired) electrons. The monoisotopic (exact) mass is 493 g/mol. The Morgan fingerprint density at radius 2 is 1.82 bits per heavy atom. The van der Waals surface area contributed by atoms with Crippen LogP contribution in [0.5, 0.6) is 17.2 Å². The van der Waals surface area contributed by atoms with Gasteiger partial charge in [0.2, 0.25) is 10.0 Å². The lowest BCUT2D eigenvalue weighted by molar-refractivity contribution is -0.386. The van der Waals surface area contributed by atoms with E-state index in [0.717, 1.165) is 11.6 Å². The average molecular weight is 494 g/mol. The van der Waals surface area contributed by atoms with Crippen molar-refractivity contribution >= 4 is 21.6 Å². The Kier molecular flexibility index (Phi) is 7.94. The molecule has 1 aliphatic heterocycles. The summed E-state index contributed by atoms with van der Waals surface area (Å²) in [6.45, 7) is 6.02. The lowest BCUT2D eigenvalue weighted by atomic mass is 10.1. The van der Waals surface area contributed by atoms with Crippen molar-refractivity contribution in [1.82, 2.24) is 9.62 Å². The minimum atomic E-state index is -3.88. The molecule has 0 bridgehead atoms. The Balaban J connectivity index is 1.68. The van der Waals surface area contributed by atoms with Gasteiger partial charge in [0, 0.05) is 19.2 Å². The van der Waals surface area contributed by atoms with Crippen molar-refractivity contribution in [2.75, 3.05) is 32.9 Å². The van der Waals surface area contributed by atoms with Gasteiger partial charge in [-0.25, -0.2) is 8.42 Å². The van der Waals surface area contributed by atoms with Crippen molar-refractivity contribution in [3.8, 4) is 17.2 Å². The first-order chi connectivity index (χ1) is 16.2. The molecular formula is C22H27N3O8S. The van der Waals surface area contributed by atoms with Crippen LogP contribution in [-0.2, 0) is 14.8 Å². The number of rotatable bonds is 10. The highest BCUT2D eigenvalue weighted by atomic mass is 32.2. The van der Waals surface area contributed by atoms with Gasteiger partial charge in [-0.1, -0.05) is 19.9 Å². The fourth-order valence-electron chi connectivity index (χ4n) is 3.47. The van der Waals surface area contributed by atoms with Gasteiger partial charge in [0.25, 0.3) is 5.91 Å².